The number of benzene rings is 1. The minimum absolute atomic E-state index is 0.0907. The Morgan fingerprint density at radius 3 is 2.53 bits per heavy atom. The Balaban J connectivity index is 1.56. The van der Waals surface area contributed by atoms with E-state index in [9.17, 15) is 14.7 Å². The van der Waals surface area contributed by atoms with Crippen LogP contribution in [0, 0.1) is 0 Å². The Bertz CT molecular complexity index is 1480. The Kier molecular flexibility index (Phi) is 5.75. The fourth-order valence-electron chi connectivity index (χ4n) is 4.18. The zero-order chi connectivity index (χ0) is 24.0. The molecule has 1 aliphatic rings. The van der Waals surface area contributed by atoms with Gasteiger partial charge in [0.25, 0.3) is 5.56 Å². The van der Waals surface area contributed by atoms with Crippen molar-refractivity contribution >= 4 is 50.7 Å². The third-order valence-corrected chi connectivity index (χ3v) is 6.45. The first-order valence-corrected chi connectivity index (χ1v) is 11.7. The standard InChI is InChI=1S/C24H19BrClN5O3/c1-13(27-18-6-7-19(26)28-22(18)24(33)34)17-8-16(25)12-31-21(32)9-20(29-23(17)31)30-10-14-4-2-3-5-15(14)11-30/h2-9,12-13,27H,10-11H2,1H3,(H,33,34)/t13-/m1/s1. The molecule has 1 atom stereocenters. The van der Waals surface area contributed by atoms with E-state index >= 15 is 0 Å². The van der Waals surface area contributed by atoms with Crippen molar-refractivity contribution in [2.45, 2.75) is 26.1 Å². The van der Waals surface area contributed by atoms with E-state index < -0.39 is 12.0 Å². The maximum absolute atomic E-state index is 13.0. The van der Waals surface area contributed by atoms with E-state index in [0.717, 1.165) is 5.56 Å². The number of anilines is 2. The lowest BCUT2D eigenvalue weighted by molar-refractivity contribution is 0.0691. The summed E-state index contributed by atoms with van der Waals surface area (Å²) in [6, 6.07) is 14.3. The number of pyridine rings is 2. The quantitative estimate of drug-likeness (QED) is 0.347. The highest BCUT2D eigenvalue weighted by molar-refractivity contribution is 9.10. The number of aromatic carboxylic acids is 1. The summed E-state index contributed by atoms with van der Waals surface area (Å²) >= 11 is 9.36. The summed E-state index contributed by atoms with van der Waals surface area (Å²) in [5.41, 5.74) is 3.57. The summed E-state index contributed by atoms with van der Waals surface area (Å²) in [6.45, 7) is 3.22. The lowest BCUT2D eigenvalue weighted by Gasteiger charge is -2.21. The molecule has 0 spiro atoms. The maximum atomic E-state index is 13.0. The van der Waals surface area contributed by atoms with E-state index in [1.807, 2.05) is 25.1 Å². The third kappa shape index (κ3) is 4.12. The second-order valence-corrected chi connectivity index (χ2v) is 9.39. The molecule has 4 heterocycles. The number of carboxylic acids is 1. The van der Waals surface area contributed by atoms with Gasteiger partial charge in [0, 0.05) is 35.4 Å². The molecule has 0 saturated carbocycles. The Hall–Kier alpha value is -3.43. The number of carbonyl (C=O) groups is 1. The molecule has 0 radical (unpaired) electrons. The molecule has 10 heteroatoms. The minimum Gasteiger partial charge on any atom is -0.476 e. The van der Waals surface area contributed by atoms with E-state index in [2.05, 4.69) is 43.3 Å². The molecule has 0 aliphatic carbocycles. The monoisotopic (exact) mass is 539 g/mol. The summed E-state index contributed by atoms with van der Waals surface area (Å²) in [5, 5.41) is 12.8. The zero-order valence-electron chi connectivity index (χ0n) is 18.0. The fourth-order valence-corrected chi connectivity index (χ4v) is 4.78. The van der Waals surface area contributed by atoms with Gasteiger partial charge < -0.3 is 15.3 Å². The molecule has 8 nitrogen and oxygen atoms in total. The summed E-state index contributed by atoms with van der Waals surface area (Å²) < 4.78 is 2.18. The van der Waals surface area contributed by atoms with E-state index in [1.54, 1.807) is 18.3 Å². The van der Waals surface area contributed by atoms with E-state index in [1.165, 1.54) is 21.6 Å². The molecule has 0 bridgehead atoms. The highest BCUT2D eigenvalue weighted by Gasteiger charge is 2.23. The lowest BCUT2D eigenvalue weighted by atomic mass is 10.1. The van der Waals surface area contributed by atoms with E-state index in [4.69, 9.17) is 16.6 Å². The molecule has 5 rings (SSSR count). The van der Waals surface area contributed by atoms with Crippen molar-refractivity contribution in [2.75, 3.05) is 10.2 Å². The number of halogens is 2. The maximum Gasteiger partial charge on any atom is 0.356 e. The van der Waals surface area contributed by atoms with Gasteiger partial charge in [0.1, 0.15) is 16.6 Å². The number of nitrogens with one attached hydrogen (secondary N) is 1. The molecule has 34 heavy (non-hydrogen) atoms. The third-order valence-electron chi connectivity index (χ3n) is 5.81. The van der Waals surface area contributed by atoms with Crippen molar-refractivity contribution in [1.82, 2.24) is 14.4 Å². The van der Waals surface area contributed by atoms with Crippen LogP contribution in [0.5, 0.6) is 0 Å². The number of fused-ring (bicyclic) bond motifs is 2. The first-order valence-electron chi connectivity index (χ1n) is 10.5. The first-order chi connectivity index (χ1) is 16.3. The smallest absolute Gasteiger partial charge is 0.356 e. The van der Waals surface area contributed by atoms with Crippen LogP contribution in [0.25, 0.3) is 5.65 Å². The van der Waals surface area contributed by atoms with Gasteiger partial charge in [-0.25, -0.2) is 14.8 Å². The number of aromatic nitrogens is 3. The summed E-state index contributed by atoms with van der Waals surface area (Å²) in [7, 11) is 0. The van der Waals surface area contributed by atoms with Gasteiger partial charge in [-0.3, -0.25) is 9.20 Å². The number of hydrogen-bond acceptors (Lipinski definition) is 6. The second kappa shape index (κ2) is 8.73. The fraction of sp³-hybridized carbons (Fsp3) is 0.167. The Labute approximate surface area is 208 Å². The normalized spacial score (nSPS) is 13.7. The summed E-state index contributed by atoms with van der Waals surface area (Å²) in [5.74, 6) is -0.599. The van der Waals surface area contributed by atoms with Crippen LogP contribution in [0.2, 0.25) is 5.15 Å². The molecule has 0 amide bonds. The van der Waals surface area contributed by atoms with Crippen LogP contribution in [0.3, 0.4) is 0 Å². The van der Waals surface area contributed by atoms with Crippen LogP contribution in [-0.2, 0) is 13.1 Å². The molecule has 1 aromatic carbocycles. The molecule has 2 N–H and O–H groups in total. The number of nitrogens with zero attached hydrogens (tertiary/aromatic N) is 4. The molecular formula is C24H19BrClN5O3. The van der Waals surface area contributed by atoms with E-state index in [-0.39, 0.29) is 16.4 Å². The van der Waals surface area contributed by atoms with Crippen molar-refractivity contribution in [3.63, 3.8) is 0 Å². The largest absolute Gasteiger partial charge is 0.476 e. The highest BCUT2D eigenvalue weighted by atomic mass is 79.9. The molecule has 3 aromatic heterocycles. The van der Waals surface area contributed by atoms with Gasteiger partial charge in [0.05, 0.1) is 11.7 Å². The van der Waals surface area contributed by atoms with Crippen molar-refractivity contribution in [3.05, 3.63) is 97.1 Å². The summed E-state index contributed by atoms with van der Waals surface area (Å²) in [6.07, 6.45) is 1.68. The van der Waals surface area contributed by atoms with Crippen molar-refractivity contribution in [3.8, 4) is 0 Å². The number of rotatable bonds is 5. The van der Waals surface area contributed by atoms with E-state index in [0.29, 0.717) is 34.7 Å². The van der Waals surface area contributed by atoms with Crippen LogP contribution >= 0.6 is 27.5 Å². The van der Waals surface area contributed by atoms with Gasteiger partial charge in [0.15, 0.2) is 5.69 Å². The number of carboxylic acid groups (broad SMARTS) is 1. The van der Waals surface area contributed by atoms with Crippen molar-refractivity contribution in [2.24, 2.45) is 0 Å². The molecular weight excluding hydrogens is 522 g/mol. The highest BCUT2D eigenvalue weighted by Crippen LogP contribution is 2.30. The van der Waals surface area contributed by atoms with Gasteiger partial charge in [-0.1, -0.05) is 35.9 Å². The van der Waals surface area contributed by atoms with Gasteiger partial charge >= 0.3 is 5.97 Å². The minimum atomic E-state index is -1.19. The van der Waals surface area contributed by atoms with Gasteiger partial charge in [0.2, 0.25) is 0 Å². The van der Waals surface area contributed by atoms with Crippen LogP contribution < -0.4 is 15.8 Å². The molecule has 1 aliphatic heterocycles. The van der Waals surface area contributed by atoms with Gasteiger partial charge in [-0.15, -0.1) is 0 Å². The first kappa shape index (κ1) is 22.4. The predicted octanol–water partition coefficient (Wildman–Crippen LogP) is 4.90. The molecule has 172 valence electrons. The van der Waals surface area contributed by atoms with Crippen molar-refractivity contribution in [1.29, 1.82) is 0 Å². The SMILES string of the molecule is C[C@@H](Nc1ccc(Cl)nc1C(=O)O)c1cc(Br)cn2c(=O)cc(N3Cc4ccccc4C3)nc12. The second-order valence-electron chi connectivity index (χ2n) is 8.09. The molecule has 0 saturated heterocycles. The van der Waals surface area contributed by atoms with Crippen LogP contribution in [0.15, 0.2) is 64.0 Å². The molecule has 0 fully saturated rings. The Morgan fingerprint density at radius 2 is 1.85 bits per heavy atom. The van der Waals surface area contributed by atoms with Crippen LogP contribution in [0.1, 0.15) is 40.1 Å². The predicted molar refractivity (Wildman–Crippen MR) is 134 cm³/mol. The van der Waals surface area contributed by atoms with Crippen molar-refractivity contribution < 1.29 is 9.90 Å². The topological polar surface area (TPSA) is 99.8 Å². The van der Waals surface area contributed by atoms with Gasteiger partial charge in [-0.2, -0.15) is 0 Å². The van der Waals surface area contributed by atoms with Crippen LogP contribution in [0.4, 0.5) is 11.5 Å². The summed E-state index contributed by atoms with van der Waals surface area (Å²) in [4.78, 5) is 35.5. The molecule has 0 unspecified atom stereocenters. The van der Waals surface area contributed by atoms with Crippen LogP contribution in [-0.4, -0.2) is 25.4 Å². The number of hydrogen-bond donors (Lipinski definition) is 2. The molecule has 4 aromatic rings. The average molecular weight is 541 g/mol. The lowest BCUT2D eigenvalue weighted by Crippen LogP contribution is -2.23. The average Bonchev–Trinajstić information content (AvgIpc) is 3.24. The van der Waals surface area contributed by atoms with Gasteiger partial charge in [-0.05, 0) is 52.2 Å². The Morgan fingerprint density at radius 1 is 1.15 bits per heavy atom. The zero-order valence-corrected chi connectivity index (χ0v) is 20.3.